The Kier molecular flexibility index (Phi) is 6.79. The predicted octanol–water partition coefficient (Wildman–Crippen LogP) is 2.15. The highest BCUT2D eigenvalue weighted by Gasteiger charge is 2.38. The van der Waals surface area contributed by atoms with Crippen LogP contribution >= 0.6 is 0 Å². The molecule has 0 aliphatic carbocycles. The van der Waals surface area contributed by atoms with Crippen LogP contribution in [0.3, 0.4) is 0 Å². The number of nitrogens with two attached hydrogens (primary N) is 1. The van der Waals surface area contributed by atoms with Crippen molar-refractivity contribution in [1.82, 2.24) is 9.80 Å². The number of carbonyl (C=O) groups excluding carboxylic acids is 3. The molecule has 0 radical (unpaired) electrons. The van der Waals surface area contributed by atoms with Gasteiger partial charge >= 0.3 is 0 Å². The Morgan fingerprint density at radius 2 is 1.79 bits per heavy atom. The maximum absolute atomic E-state index is 13.0. The molecule has 7 nitrogen and oxygen atoms in total. The van der Waals surface area contributed by atoms with Gasteiger partial charge in [0.15, 0.2) is 0 Å². The minimum atomic E-state index is -0.370. The zero-order valence-electron chi connectivity index (χ0n) is 19.4. The van der Waals surface area contributed by atoms with E-state index in [1.807, 2.05) is 59.3 Å². The number of anilines is 1. The largest absolute Gasteiger partial charge is 0.369 e. The minimum Gasteiger partial charge on any atom is -0.369 e. The van der Waals surface area contributed by atoms with Gasteiger partial charge in [0.1, 0.15) is 0 Å². The summed E-state index contributed by atoms with van der Waals surface area (Å²) in [5.41, 5.74) is 9.97. The lowest BCUT2D eigenvalue weighted by Gasteiger charge is -2.31. The number of hydrogen-bond acceptors (Lipinski definition) is 4. The third-order valence-corrected chi connectivity index (χ3v) is 6.81. The van der Waals surface area contributed by atoms with Gasteiger partial charge in [-0.2, -0.15) is 0 Å². The van der Waals surface area contributed by atoms with E-state index in [1.165, 1.54) is 12.5 Å². The predicted molar refractivity (Wildman–Crippen MR) is 128 cm³/mol. The topological polar surface area (TPSA) is 87.0 Å². The summed E-state index contributed by atoms with van der Waals surface area (Å²) in [6, 6.07) is 16.2. The molecule has 0 bridgehead atoms. The van der Waals surface area contributed by atoms with Crippen molar-refractivity contribution in [2.24, 2.45) is 11.7 Å². The normalized spacial score (nSPS) is 20.1. The molecule has 2 heterocycles. The Balaban J connectivity index is 1.38. The lowest BCUT2D eigenvalue weighted by atomic mass is 9.88. The first-order valence-corrected chi connectivity index (χ1v) is 11.5. The van der Waals surface area contributed by atoms with Crippen LogP contribution in [0.25, 0.3) is 0 Å². The molecule has 2 aliphatic heterocycles. The van der Waals surface area contributed by atoms with Crippen LogP contribution in [-0.2, 0) is 27.3 Å². The van der Waals surface area contributed by atoms with Gasteiger partial charge in [-0.15, -0.1) is 0 Å². The van der Waals surface area contributed by atoms with Gasteiger partial charge in [0.2, 0.25) is 17.7 Å². The Labute approximate surface area is 195 Å². The summed E-state index contributed by atoms with van der Waals surface area (Å²) in [6.07, 6.45) is 2.01. The summed E-state index contributed by atoms with van der Waals surface area (Å²) in [5.74, 6) is -0.749. The molecule has 174 valence electrons. The lowest BCUT2D eigenvalue weighted by molar-refractivity contribution is -0.128. The number of amides is 3. The Hall–Kier alpha value is -3.19. The van der Waals surface area contributed by atoms with E-state index in [9.17, 15) is 14.4 Å². The molecular weight excluding hydrogens is 416 g/mol. The van der Waals surface area contributed by atoms with E-state index >= 15 is 0 Å². The SMILES string of the molecule is CC(=O)N1C[C@H](C(N)=O)[C@@H](c2ccc(CN(C)CC(=O)N3CCCc4ccccc43)cc2)C1. The first-order valence-electron chi connectivity index (χ1n) is 11.5. The second-order valence-electron chi connectivity index (χ2n) is 9.23. The van der Waals surface area contributed by atoms with Crippen LogP contribution in [-0.4, -0.2) is 60.7 Å². The zero-order chi connectivity index (χ0) is 23.5. The smallest absolute Gasteiger partial charge is 0.241 e. The summed E-state index contributed by atoms with van der Waals surface area (Å²) in [6.45, 7) is 4.15. The molecule has 0 aromatic heterocycles. The highest BCUT2D eigenvalue weighted by atomic mass is 16.2. The van der Waals surface area contributed by atoms with E-state index in [0.29, 0.717) is 26.2 Å². The standard InChI is InChI=1S/C26H32N4O3/c1-18(31)29-15-22(23(16-29)26(27)33)20-11-9-19(10-12-20)14-28(2)17-25(32)30-13-5-7-21-6-3-4-8-24(21)30/h3-4,6,8-12,22-23H,5,7,13-17H2,1-2H3,(H2,27,33)/t22-,23+/m1/s1. The number of benzene rings is 2. The van der Waals surface area contributed by atoms with Gasteiger partial charge < -0.3 is 15.5 Å². The molecule has 0 spiro atoms. The van der Waals surface area contributed by atoms with Crippen LogP contribution in [0.15, 0.2) is 48.5 Å². The van der Waals surface area contributed by atoms with Gasteiger partial charge in [0, 0.05) is 44.7 Å². The van der Waals surface area contributed by atoms with Gasteiger partial charge in [0.05, 0.1) is 12.5 Å². The first kappa shape index (κ1) is 23.0. The fourth-order valence-electron chi connectivity index (χ4n) is 5.03. The maximum Gasteiger partial charge on any atom is 0.241 e. The van der Waals surface area contributed by atoms with Crippen molar-refractivity contribution in [2.75, 3.05) is 38.1 Å². The van der Waals surface area contributed by atoms with Crippen LogP contribution in [0, 0.1) is 5.92 Å². The molecule has 2 N–H and O–H groups in total. The average Bonchev–Trinajstić information content (AvgIpc) is 3.25. The van der Waals surface area contributed by atoms with Crippen molar-refractivity contribution < 1.29 is 14.4 Å². The monoisotopic (exact) mass is 448 g/mol. The van der Waals surface area contributed by atoms with E-state index in [-0.39, 0.29) is 29.6 Å². The van der Waals surface area contributed by atoms with Crippen molar-refractivity contribution in [3.05, 3.63) is 65.2 Å². The lowest BCUT2D eigenvalue weighted by Crippen LogP contribution is -2.41. The molecule has 4 rings (SSSR count). The van der Waals surface area contributed by atoms with E-state index in [0.717, 1.165) is 36.2 Å². The molecule has 0 unspecified atom stereocenters. The average molecular weight is 449 g/mol. The van der Waals surface area contributed by atoms with Crippen molar-refractivity contribution >= 4 is 23.4 Å². The van der Waals surface area contributed by atoms with Crippen LogP contribution in [0.5, 0.6) is 0 Å². The summed E-state index contributed by atoms with van der Waals surface area (Å²) >= 11 is 0. The van der Waals surface area contributed by atoms with Crippen LogP contribution < -0.4 is 10.6 Å². The van der Waals surface area contributed by atoms with E-state index in [4.69, 9.17) is 5.73 Å². The molecule has 2 atom stereocenters. The van der Waals surface area contributed by atoms with Crippen LogP contribution in [0.2, 0.25) is 0 Å². The molecule has 3 amide bonds. The third kappa shape index (κ3) is 5.09. The van der Waals surface area contributed by atoms with Crippen molar-refractivity contribution in [3.8, 4) is 0 Å². The number of nitrogens with zero attached hydrogens (tertiary/aromatic N) is 3. The molecule has 0 saturated carbocycles. The Bertz CT molecular complexity index is 1040. The summed E-state index contributed by atoms with van der Waals surface area (Å²) < 4.78 is 0. The molecule has 1 fully saturated rings. The summed E-state index contributed by atoms with van der Waals surface area (Å²) in [5, 5.41) is 0. The third-order valence-electron chi connectivity index (χ3n) is 6.81. The number of fused-ring (bicyclic) bond motifs is 1. The number of likely N-dealkylation sites (tertiary alicyclic amines) is 1. The Morgan fingerprint density at radius 1 is 1.06 bits per heavy atom. The molecular formula is C26H32N4O3. The quantitative estimate of drug-likeness (QED) is 0.734. The second kappa shape index (κ2) is 9.75. The van der Waals surface area contributed by atoms with Crippen molar-refractivity contribution in [3.63, 3.8) is 0 Å². The van der Waals surface area contributed by atoms with Gasteiger partial charge in [-0.1, -0.05) is 42.5 Å². The number of rotatable bonds is 6. The zero-order valence-corrected chi connectivity index (χ0v) is 19.4. The second-order valence-corrected chi connectivity index (χ2v) is 9.23. The Morgan fingerprint density at radius 3 is 2.48 bits per heavy atom. The van der Waals surface area contributed by atoms with Crippen LogP contribution in [0.4, 0.5) is 5.69 Å². The molecule has 2 aliphatic rings. The summed E-state index contributed by atoms with van der Waals surface area (Å²) in [7, 11) is 1.95. The van der Waals surface area contributed by atoms with Crippen molar-refractivity contribution in [1.29, 1.82) is 0 Å². The van der Waals surface area contributed by atoms with Gasteiger partial charge in [-0.3, -0.25) is 19.3 Å². The number of para-hydroxylation sites is 1. The highest BCUT2D eigenvalue weighted by Crippen LogP contribution is 2.33. The fourth-order valence-corrected chi connectivity index (χ4v) is 5.03. The highest BCUT2D eigenvalue weighted by molar-refractivity contribution is 5.95. The van der Waals surface area contributed by atoms with E-state index < -0.39 is 0 Å². The van der Waals surface area contributed by atoms with Crippen LogP contribution in [0.1, 0.15) is 36.0 Å². The number of likely N-dealkylation sites (N-methyl/N-ethyl adjacent to an activating group) is 1. The molecule has 2 aromatic rings. The van der Waals surface area contributed by atoms with Gasteiger partial charge in [0.25, 0.3) is 0 Å². The molecule has 7 heteroatoms. The molecule has 33 heavy (non-hydrogen) atoms. The molecule has 1 saturated heterocycles. The maximum atomic E-state index is 13.0. The van der Waals surface area contributed by atoms with Gasteiger partial charge in [-0.25, -0.2) is 0 Å². The molecule has 2 aromatic carbocycles. The van der Waals surface area contributed by atoms with E-state index in [1.54, 1.807) is 4.90 Å². The minimum absolute atomic E-state index is 0.0389. The van der Waals surface area contributed by atoms with Crippen molar-refractivity contribution in [2.45, 2.75) is 32.2 Å². The number of primary amides is 1. The van der Waals surface area contributed by atoms with E-state index in [2.05, 4.69) is 6.07 Å². The summed E-state index contributed by atoms with van der Waals surface area (Å²) in [4.78, 5) is 42.3. The number of aryl methyl sites for hydroxylation is 1. The first-order chi connectivity index (χ1) is 15.8. The number of hydrogen-bond donors (Lipinski definition) is 1. The number of carbonyl (C=O) groups is 3. The fraction of sp³-hybridized carbons (Fsp3) is 0.423. The van der Waals surface area contributed by atoms with Gasteiger partial charge in [-0.05, 0) is 42.6 Å².